The lowest BCUT2D eigenvalue weighted by atomic mass is 10.1. The van der Waals surface area contributed by atoms with Crippen LogP contribution in [0.2, 0.25) is 0 Å². The number of likely N-dealkylation sites (tertiary alicyclic amines) is 1. The Bertz CT molecular complexity index is 830. The first kappa shape index (κ1) is 15.9. The second-order valence-electron chi connectivity index (χ2n) is 5.98. The van der Waals surface area contributed by atoms with Gasteiger partial charge in [-0.25, -0.2) is 13.6 Å². The Hall–Kier alpha value is -1.99. The van der Waals surface area contributed by atoms with E-state index in [2.05, 4.69) is 4.98 Å². The molecule has 1 aromatic carbocycles. The molecule has 7 heteroatoms. The molecule has 1 aromatic heterocycles. The number of rotatable bonds is 5. The first-order chi connectivity index (χ1) is 10.9. The minimum atomic E-state index is -3.54. The fourth-order valence-corrected chi connectivity index (χ4v) is 4.03. The third-order valence-electron chi connectivity index (χ3n) is 4.15. The molecule has 2 aromatic rings. The smallest absolute Gasteiger partial charge is 0.222 e. The number of pyridine rings is 1. The summed E-state index contributed by atoms with van der Waals surface area (Å²) in [6, 6.07) is 9.87. The van der Waals surface area contributed by atoms with Gasteiger partial charge in [0.2, 0.25) is 15.9 Å². The average Bonchev–Trinajstić information content (AvgIpc) is 2.82. The summed E-state index contributed by atoms with van der Waals surface area (Å²) < 4.78 is 22.3. The molecular weight excluding hydrogens is 314 g/mol. The molecule has 3 rings (SSSR count). The van der Waals surface area contributed by atoms with E-state index in [0.29, 0.717) is 13.1 Å². The van der Waals surface area contributed by atoms with E-state index < -0.39 is 10.0 Å². The Morgan fingerprint density at radius 2 is 2.09 bits per heavy atom. The quantitative estimate of drug-likeness (QED) is 0.880. The van der Waals surface area contributed by atoms with Gasteiger partial charge in [0, 0.05) is 37.0 Å². The minimum absolute atomic E-state index is 0.00277. The maximum atomic E-state index is 12.0. The van der Waals surface area contributed by atoms with Crippen LogP contribution in [0.4, 0.5) is 0 Å². The Labute approximate surface area is 135 Å². The lowest BCUT2D eigenvalue weighted by Crippen LogP contribution is -2.29. The van der Waals surface area contributed by atoms with Crippen molar-refractivity contribution < 1.29 is 13.2 Å². The molecule has 0 aliphatic carbocycles. The van der Waals surface area contributed by atoms with Crippen LogP contribution >= 0.6 is 0 Å². The van der Waals surface area contributed by atoms with Gasteiger partial charge < -0.3 is 4.90 Å². The molecule has 6 nitrogen and oxygen atoms in total. The number of amides is 1. The van der Waals surface area contributed by atoms with E-state index >= 15 is 0 Å². The van der Waals surface area contributed by atoms with Gasteiger partial charge in [0.25, 0.3) is 0 Å². The monoisotopic (exact) mass is 333 g/mol. The summed E-state index contributed by atoms with van der Waals surface area (Å²) in [5, 5.41) is 6.15. The Morgan fingerprint density at radius 1 is 1.26 bits per heavy atom. The van der Waals surface area contributed by atoms with Crippen LogP contribution in [0.25, 0.3) is 10.9 Å². The third kappa shape index (κ3) is 3.86. The lowest BCUT2D eigenvalue weighted by molar-refractivity contribution is -0.127. The summed E-state index contributed by atoms with van der Waals surface area (Å²) >= 11 is 0. The fourth-order valence-electron chi connectivity index (χ4n) is 3.15. The summed E-state index contributed by atoms with van der Waals surface area (Å²) in [4.78, 5) is 18.1. The molecule has 0 spiro atoms. The van der Waals surface area contributed by atoms with Gasteiger partial charge in [-0.3, -0.25) is 9.78 Å². The van der Waals surface area contributed by atoms with Crippen LogP contribution in [-0.2, 0) is 21.2 Å². The largest absolute Gasteiger partial charge is 0.342 e. The molecule has 1 aliphatic heterocycles. The predicted molar refractivity (Wildman–Crippen MR) is 88.1 cm³/mol. The summed E-state index contributed by atoms with van der Waals surface area (Å²) in [5.74, 6) is -0.336. The van der Waals surface area contributed by atoms with Crippen molar-refractivity contribution in [1.82, 2.24) is 9.88 Å². The van der Waals surface area contributed by atoms with Gasteiger partial charge in [-0.1, -0.05) is 18.2 Å². The molecule has 1 atom stereocenters. The highest BCUT2D eigenvalue weighted by Gasteiger charge is 2.31. The maximum Gasteiger partial charge on any atom is 0.222 e. The van der Waals surface area contributed by atoms with Crippen LogP contribution in [0.5, 0.6) is 0 Å². The number of benzene rings is 1. The van der Waals surface area contributed by atoms with Crippen LogP contribution in [0, 0.1) is 5.92 Å². The van der Waals surface area contributed by atoms with Crippen molar-refractivity contribution in [1.29, 1.82) is 0 Å². The fraction of sp³-hybridized carbons (Fsp3) is 0.375. The second kappa shape index (κ2) is 6.25. The van der Waals surface area contributed by atoms with Gasteiger partial charge in [-0.2, -0.15) is 0 Å². The molecule has 1 aliphatic rings. The maximum absolute atomic E-state index is 12.0. The van der Waals surface area contributed by atoms with Crippen molar-refractivity contribution in [3.05, 3.63) is 42.1 Å². The molecular formula is C16H19N3O3S. The highest BCUT2D eigenvalue weighted by atomic mass is 32.2. The molecule has 1 amide bonds. The van der Waals surface area contributed by atoms with Crippen molar-refractivity contribution in [2.24, 2.45) is 11.1 Å². The number of hydrogen-bond acceptors (Lipinski definition) is 4. The van der Waals surface area contributed by atoms with E-state index in [1.807, 2.05) is 30.3 Å². The molecule has 2 heterocycles. The molecule has 0 bridgehead atoms. The summed E-state index contributed by atoms with van der Waals surface area (Å²) in [6.07, 6.45) is 2.73. The van der Waals surface area contributed by atoms with Crippen molar-refractivity contribution in [2.45, 2.75) is 12.8 Å². The molecule has 2 N–H and O–H groups in total. The zero-order valence-electron chi connectivity index (χ0n) is 12.7. The van der Waals surface area contributed by atoms with Gasteiger partial charge >= 0.3 is 0 Å². The number of nitrogens with two attached hydrogens (primary N) is 1. The van der Waals surface area contributed by atoms with Crippen molar-refractivity contribution >= 4 is 26.8 Å². The van der Waals surface area contributed by atoms with E-state index in [1.54, 1.807) is 11.1 Å². The third-order valence-corrected chi connectivity index (χ3v) is 5.09. The SMILES string of the molecule is NS(=O)(=O)CC1CC(=O)N(CCc2cccc3ncccc23)C1. The minimum Gasteiger partial charge on any atom is -0.342 e. The first-order valence-corrected chi connectivity index (χ1v) is 9.25. The number of hydrogen-bond donors (Lipinski definition) is 1. The van der Waals surface area contributed by atoms with Crippen molar-refractivity contribution in [2.75, 3.05) is 18.8 Å². The summed E-state index contributed by atoms with van der Waals surface area (Å²) in [7, 11) is -3.54. The van der Waals surface area contributed by atoms with Crippen LogP contribution in [0.1, 0.15) is 12.0 Å². The summed E-state index contributed by atoms with van der Waals surface area (Å²) in [5.41, 5.74) is 2.07. The van der Waals surface area contributed by atoms with Crippen LogP contribution in [0.15, 0.2) is 36.5 Å². The number of carbonyl (C=O) groups excluding carboxylic acids is 1. The van der Waals surface area contributed by atoms with E-state index in [1.165, 1.54) is 0 Å². The van der Waals surface area contributed by atoms with E-state index in [4.69, 9.17) is 5.14 Å². The number of fused-ring (bicyclic) bond motifs is 1. The molecule has 1 saturated heterocycles. The Kier molecular flexibility index (Phi) is 4.32. The number of aromatic nitrogens is 1. The van der Waals surface area contributed by atoms with Gasteiger partial charge in [0.05, 0.1) is 11.3 Å². The first-order valence-electron chi connectivity index (χ1n) is 7.53. The Balaban J connectivity index is 1.67. The van der Waals surface area contributed by atoms with Gasteiger partial charge in [0.15, 0.2) is 0 Å². The van der Waals surface area contributed by atoms with Crippen molar-refractivity contribution in [3.8, 4) is 0 Å². The molecule has 1 fully saturated rings. The van der Waals surface area contributed by atoms with Crippen LogP contribution < -0.4 is 5.14 Å². The highest BCUT2D eigenvalue weighted by molar-refractivity contribution is 7.89. The lowest BCUT2D eigenvalue weighted by Gasteiger charge is -2.17. The molecule has 0 saturated carbocycles. The van der Waals surface area contributed by atoms with E-state index in [0.717, 1.165) is 22.9 Å². The standard InChI is InChI=1S/C16H19N3O3S/c17-23(21,22)11-12-9-16(20)19(10-12)8-6-13-3-1-5-15-14(13)4-2-7-18-15/h1-5,7,12H,6,8-11H2,(H2,17,21,22). The molecule has 122 valence electrons. The van der Waals surface area contributed by atoms with E-state index in [9.17, 15) is 13.2 Å². The summed E-state index contributed by atoms with van der Waals surface area (Å²) in [6.45, 7) is 1.03. The molecule has 23 heavy (non-hydrogen) atoms. The highest BCUT2D eigenvalue weighted by Crippen LogP contribution is 2.21. The number of nitrogens with zero attached hydrogens (tertiary/aromatic N) is 2. The predicted octanol–water partition coefficient (Wildman–Crippen LogP) is 0.914. The van der Waals surface area contributed by atoms with Crippen LogP contribution in [-0.4, -0.2) is 43.1 Å². The van der Waals surface area contributed by atoms with Gasteiger partial charge in [-0.05, 0) is 24.1 Å². The van der Waals surface area contributed by atoms with Crippen molar-refractivity contribution in [3.63, 3.8) is 0 Å². The zero-order chi connectivity index (χ0) is 16.4. The molecule has 0 radical (unpaired) electrons. The van der Waals surface area contributed by atoms with E-state index in [-0.39, 0.29) is 24.0 Å². The van der Waals surface area contributed by atoms with Gasteiger partial charge in [0.1, 0.15) is 0 Å². The number of sulfonamides is 1. The number of primary sulfonamides is 1. The zero-order valence-corrected chi connectivity index (χ0v) is 13.5. The second-order valence-corrected chi connectivity index (χ2v) is 7.64. The number of carbonyl (C=O) groups is 1. The topological polar surface area (TPSA) is 93.4 Å². The molecule has 1 unspecified atom stereocenters. The normalized spacial score (nSPS) is 18.7. The Morgan fingerprint density at radius 3 is 2.87 bits per heavy atom. The van der Waals surface area contributed by atoms with Crippen LogP contribution in [0.3, 0.4) is 0 Å². The van der Waals surface area contributed by atoms with Gasteiger partial charge in [-0.15, -0.1) is 0 Å². The average molecular weight is 333 g/mol.